The number of carbonyl (C=O) groups excluding carboxylic acids is 1. The molecule has 1 aliphatic heterocycles. The Morgan fingerprint density at radius 2 is 1.76 bits per heavy atom. The van der Waals surface area contributed by atoms with Gasteiger partial charge in [-0.05, 0) is 66.7 Å². The van der Waals surface area contributed by atoms with E-state index >= 15 is 0 Å². The average Bonchev–Trinajstić information content (AvgIpc) is 3.08. The van der Waals surface area contributed by atoms with Gasteiger partial charge in [-0.25, -0.2) is 0 Å². The molecule has 0 spiro atoms. The van der Waals surface area contributed by atoms with Gasteiger partial charge in [0.05, 0.1) is 27.9 Å². The highest BCUT2D eigenvalue weighted by Gasteiger charge is 2.32. The monoisotopic (exact) mass is 532 g/mol. The zero-order valence-corrected chi connectivity index (χ0v) is 21.3. The maximum absolute atomic E-state index is 13.1. The molecule has 5 nitrogen and oxygen atoms in total. The Bertz CT molecular complexity index is 1330. The van der Waals surface area contributed by atoms with E-state index in [1.54, 1.807) is 25.3 Å². The van der Waals surface area contributed by atoms with Crippen LogP contribution in [0.5, 0.6) is 11.5 Å². The van der Waals surface area contributed by atoms with Crippen LogP contribution in [0.3, 0.4) is 0 Å². The summed E-state index contributed by atoms with van der Waals surface area (Å²) in [5, 5.41) is 4.36. The normalized spacial score (nSPS) is 14.5. The molecule has 0 atom stereocenters. The molecule has 34 heavy (non-hydrogen) atoms. The van der Waals surface area contributed by atoms with Crippen LogP contribution in [0.2, 0.25) is 15.1 Å². The third-order valence-electron chi connectivity index (χ3n) is 5.11. The van der Waals surface area contributed by atoms with E-state index in [9.17, 15) is 4.79 Å². The van der Waals surface area contributed by atoms with Gasteiger partial charge in [-0.15, -0.1) is 0 Å². The van der Waals surface area contributed by atoms with Crippen molar-refractivity contribution in [2.75, 3.05) is 12.0 Å². The number of carbonyl (C=O) groups is 1. The predicted octanol–water partition coefficient (Wildman–Crippen LogP) is 6.81. The molecule has 3 aromatic carbocycles. The fourth-order valence-corrected chi connectivity index (χ4v) is 4.36. The summed E-state index contributed by atoms with van der Waals surface area (Å²) in [5.74, 6) is 0.793. The minimum atomic E-state index is -0.230. The van der Waals surface area contributed by atoms with Crippen LogP contribution >= 0.6 is 47.0 Å². The van der Waals surface area contributed by atoms with Crippen LogP contribution in [0.25, 0.3) is 6.08 Å². The van der Waals surface area contributed by atoms with Gasteiger partial charge in [-0.1, -0.05) is 53.0 Å². The third-order valence-corrected chi connectivity index (χ3v) is 6.41. The summed E-state index contributed by atoms with van der Waals surface area (Å²) in [6.45, 7) is 2.12. The van der Waals surface area contributed by atoms with Crippen LogP contribution in [-0.2, 0) is 11.4 Å². The Morgan fingerprint density at radius 1 is 1.00 bits per heavy atom. The van der Waals surface area contributed by atoms with E-state index in [4.69, 9.17) is 56.5 Å². The standard InChI is InChI=1S/C25H19Cl3N2O3S/c1-14-4-3-5-17(8-14)30-24(31)21(29-25(30)34)10-15-6-7-22(32-2)16(9-15)13-33-23-12-19(27)18(26)11-20(23)28/h3-12H,13H2,1-2H3,(H,29,34)/b21-10+. The fourth-order valence-electron chi connectivity index (χ4n) is 3.47. The lowest BCUT2D eigenvalue weighted by molar-refractivity contribution is -0.113. The molecule has 4 rings (SSSR count). The smallest absolute Gasteiger partial charge is 0.281 e. The molecular formula is C25H19Cl3N2O3S. The zero-order valence-electron chi connectivity index (χ0n) is 18.2. The third kappa shape index (κ3) is 5.15. The predicted molar refractivity (Wildman–Crippen MR) is 141 cm³/mol. The Morgan fingerprint density at radius 3 is 2.50 bits per heavy atom. The van der Waals surface area contributed by atoms with E-state index in [2.05, 4.69) is 5.32 Å². The van der Waals surface area contributed by atoms with Crippen molar-refractivity contribution in [3.63, 3.8) is 0 Å². The van der Waals surface area contributed by atoms with Crippen molar-refractivity contribution in [2.45, 2.75) is 13.5 Å². The second kappa shape index (κ2) is 10.2. The Labute approximate surface area is 217 Å². The lowest BCUT2D eigenvalue weighted by atomic mass is 10.1. The Hall–Kier alpha value is -2.77. The quantitative estimate of drug-likeness (QED) is 0.214. The maximum Gasteiger partial charge on any atom is 0.281 e. The van der Waals surface area contributed by atoms with Crippen molar-refractivity contribution >= 4 is 69.8 Å². The molecule has 1 amide bonds. The molecule has 0 radical (unpaired) electrons. The van der Waals surface area contributed by atoms with Crippen LogP contribution in [0.4, 0.5) is 5.69 Å². The minimum absolute atomic E-state index is 0.160. The molecule has 1 N–H and O–H groups in total. The molecule has 174 valence electrons. The summed E-state index contributed by atoms with van der Waals surface area (Å²) in [4.78, 5) is 14.5. The molecule has 1 heterocycles. The highest BCUT2D eigenvalue weighted by molar-refractivity contribution is 7.80. The van der Waals surface area contributed by atoms with Crippen molar-refractivity contribution in [1.29, 1.82) is 0 Å². The maximum atomic E-state index is 13.1. The molecule has 1 aliphatic rings. The summed E-state index contributed by atoms with van der Waals surface area (Å²) >= 11 is 23.7. The fraction of sp³-hybridized carbons (Fsp3) is 0.120. The highest BCUT2D eigenvalue weighted by Crippen LogP contribution is 2.35. The number of halogens is 3. The number of rotatable bonds is 6. The summed E-state index contributed by atoms with van der Waals surface area (Å²) in [6, 6.07) is 16.2. The number of methoxy groups -OCH3 is 1. The number of hydrogen-bond acceptors (Lipinski definition) is 4. The lowest BCUT2D eigenvalue weighted by Crippen LogP contribution is -2.30. The van der Waals surface area contributed by atoms with E-state index in [-0.39, 0.29) is 12.5 Å². The molecule has 0 bridgehead atoms. The first-order chi connectivity index (χ1) is 16.3. The van der Waals surface area contributed by atoms with Crippen LogP contribution in [-0.4, -0.2) is 18.1 Å². The number of thiocarbonyl (C=S) groups is 1. The van der Waals surface area contributed by atoms with E-state index < -0.39 is 0 Å². The van der Waals surface area contributed by atoms with E-state index in [1.807, 2.05) is 43.3 Å². The van der Waals surface area contributed by atoms with Crippen molar-refractivity contribution in [1.82, 2.24) is 5.32 Å². The second-order valence-corrected chi connectivity index (χ2v) is 9.13. The second-order valence-electron chi connectivity index (χ2n) is 7.52. The first kappa shape index (κ1) is 24.4. The number of anilines is 1. The van der Waals surface area contributed by atoms with Crippen molar-refractivity contribution in [3.8, 4) is 11.5 Å². The number of benzene rings is 3. The molecule has 9 heteroatoms. The summed E-state index contributed by atoms with van der Waals surface area (Å²) < 4.78 is 11.3. The molecule has 0 unspecified atom stereocenters. The van der Waals surface area contributed by atoms with Crippen LogP contribution in [0, 0.1) is 6.92 Å². The summed E-state index contributed by atoms with van der Waals surface area (Å²) in [5.41, 5.74) is 3.64. The molecular weight excluding hydrogens is 515 g/mol. The van der Waals surface area contributed by atoms with E-state index in [0.29, 0.717) is 43.1 Å². The molecule has 0 aliphatic carbocycles. The summed E-state index contributed by atoms with van der Waals surface area (Å²) in [7, 11) is 1.57. The number of nitrogens with one attached hydrogen (secondary N) is 1. The summed E-state index contributed by atoms with van der Waals surface area (Å²) in [6.07, 6.45) is 1.74. The van der Waals surface area contributed by atoms with Gasteiger partial charge in [0, 0.05) is 11.6 Å². The number of nitrogens with zero attached hydrogens (tertiary/aromatic N) is 1. The average molecular weight is 534 g/mol. The first-order valence-electron chi connectivity index (χ1n) is 10.1. The van der Waals surface area contributed by atoms with Gasteiger partial charge in [0.1, 0.15) is 23.8 Å². The lowest BCUT2D eigenvalue weighted by Gasteiger charge is -2.14. The topological polar surface area (TPSA) is 50.8 Å². The van der Waals surface area contributed by atoms with Crippen molar-refractivity contribution < 1.29 is 14.3 Å². The molecule has 0 saturated carbocycles. The van der Waals surface area contributed by atoms with Crippen LogP contribution in [0.15, 0.2) is 60.3 Å². The van der Waals surface area contributed by atoms with Gasteiger partial charge in [-0.2, -0.15) is 0 Å². The van der Waals surface area contributed by atoms with Crippen LogP contribution < -0.4 is 19.7 Å². The number of ether oxygens (including phenoxy) is 2. The van der Waals surface area contributed by atoms with Gasteiger partial charge in [0.2, 0.25) is 0 Å². The molecule has 3 aromatic rings. The van der Waals surface area contributed by atoms with Crippen molar-refractivity contribution in [2.24, 2.45) is 0 Å². The highest BCUT2D eigenvalue weighted by atomic mass is 35.5. The van der Waals surface area contributed by atoms with E-state index in [0.717, 1.165) is 16.7 Å². The Balaban J connectivity index is 1.58. The van der Waals surface area contributed by atoms with Crippen LogP contribution in [0.1, 0.15) is 16.7 Å². The van der Waals surface area contributed by atoms with Gasteiger partial charge >= 0.3 is 0 Å². The minimum Gasteiger partial charge on any atom is -0.496 e. The Kier molecular flexibility index (Phi) is 7.33. The largest absolute Gasteiger partial charge is 0.496 e. The zero-order chi connectivity index (χ0) is 24.4. The number of hydrogen-bond donors (Lipinski definition) is 1. The van der Waals surface area contributed by atoms with Gasteiger partial charge < -0.3 is 14.8 Å². The van der Waals surface area contributed by atoms with Gasteiger partial charge in [0.25, 0.3) is 5.91 Å². The SMILES string of the molecule is COc1ccc(/C=C2/NC(=S)N(c3cccc(C)c3)C2=O)cc1COc1cc(Cl)c(Cl)cc1Cl. The first-order valence-corrected chi connectivity index (χ1v) is 11.7. The van der Waals surface area contributed by atoms with E-state index in [1.165, 1.54) is 11.0 Å². The number of amides is 1. The van der Waals surface area contributed by atoms with Gasteiger partial charge in [-0.3, -0.25) is 9.69 Å². The molecule has 1 saturated heterocycles. The van der Waals surface area contributed by atoms with Gasteiger partial charge in [0.15, 0.2) is 5.11 Å². The number of aryl methyl sites for hydroxylation is 1. The molecule has 1 fully saturated rings. The van der Waals surface area contributed by atoms with Crippen molar-refractivity contribution in [3.05, 3.63) is 92.1 Å². The molecule has 0 aromatic heterocycles.